The number of aryl methyl sites for hydroxylation is 1. The van der Waals surface area contributed by atoms with E-state index in [1.165, 1.54) is 11.6 Å². The molecule has 0 spiro atoms. The number of rotatable bonds is 6. The second kappa shape index (κ2) is 9.65. The van der Waals surface area contributed by atoms with Crippen molar-refractivity contribution < 1.29 is 15.0 Å². The minimum Gasteiger partial charge on any atom is -0.505 e. The maximum Gasteiger partial charge on any atom is 0.339 e. The third-order valence-electron chi connectivity index (χ3n) is 4.25. The van der Waals surface area contributed by atoms with Gasteiger partial charge in [-0.2, -0.15) is 5.11 Å². The maximum absolute atomic E-state index is 11.4. The number of fused-ring (bicyclic) bond motifs is 1. The summed E-state index contributed by atoms with van der Waals surface area (Å²) >= 11 is 0. The Balaban J connectivity index is 0.00000261. The smallest absolute Gasteiger partial charge is 0.339 e. The number of aromatic hydroxyl groups is 1. The first kappa shape index (κ1) is 21.1. The van der Waals surface area contributed by atoms with E-state index >= 15 is 0 Å². The molecular formula is C21H20N2NaO3. The predicted molar refractivity (Wildman–Crippen MR) is 108 cm³/mol. The molecule has 6 heteroatoms. The van der Waals surface area contributed by atoms with E-state index in [1.54, 1.807) is 18.2 Å². The van der Waals surface area contributed by atoms with Crippen molar-refractivity contribution in [2.75, 3.05) is 0 Å². The monoisotopic (exact) mass is 371 g/mol. The van der Waals surface area contributed by atoms with Crippen molar-refractivity contribution in [1.82, 2.24) is 0 Å². The molecule has 3 rings (SSSR count). The maximum atomic E-state index is 11.4. The summed E-state index contributed by atoms with van der Waals surface area (Å²) in [5, 5.41) is 29.3. The first-order valence-electron chi connectivity index (χ1n) is 8.59. The third-order valence-corrected chi connectivity index (χ3v) is 4.25. The molecule has 0 aromatic heterocycles. The number of hydrogen-bond acceptors (Lipinski definition) is 4. The molecule has 133 valence electrons. The van der Waals surface area contributed by atoms with Crippen LogP contribution in [0.25, 0.3) is 10.8 Å². The number of benzene rings is 3. The molecule has 0 amide bonds. The molecule has 0 fully saturated rings. The Labute approximate surface area is 180 Å². The fourth-order valence-corrected chi connectivity index (χ4v) is 2.80. The van der Waals surface area contributed by atoms with Gasteiger partial charge in [0.25, 0.3) is 0 Å². The van der Waals surface area contributed by atoms with Crippen LogP contribution >= 0.6 is 0 Å². The molecule has 5 nitrogen and oxygen atoms in total. The normalized spacial score (nSPS) is 10.9. The van der Waals surface area contributed by atoms with Crippen LogP contribution in [-0.2, 0) is 6.42 Å². The van der Waals surface area contributed by atoms with Gasteiger partial charge in [-0.15, -0.1) is 5.11 Å². The van der Waals surface area contributed by atoms with Crippen LogP contribution in [0.2, 0.25) is 0 Å². The first-order chi connectivity index (χ1) is 12.6. The zero-order valence-electron chi connectivity index (χ0n) is 15.5. The molecule has 0 aliphatic rings. The number of aromatic carboxylic acids is 1. The Kier molecular flexibility index (Phi) is 7.54. The number of carboxylic acid groups (broad SMARTS) is 1. The van der Waals surface area contributed by atoms with Gasteiger partial charge in [0.15, 0.2) is 5.75 Å². The van der Waals surface area contributed by atoms with E-state index in [4.69, 9.17) is 0 Å². The van der Waals surface area contributed by atoms with Gasteiger partial charge in [-0.05, 0) is 42.0 Å². The molecule has 0 atom stereocenters. The summed E-state index contributed by atoms with van der Waals surface area (Å²) in [6.07, 6.45) is 3.32. The Morgan fingerprint density at radius 1 is 1.04 bits per heavy atom. The summed E-state index contributed by atoms with van der Waals surface area (Å²) in [6.45, 7) is 2.16. The van der Waals surface area contributed by atoms with Crippen LogP contribution < -0.4 is 0 Å². The van der Waals surface area contributed by atoms with E-state index in [-0.39, 0.29) is 46.6 Å². The standard InChI is InChI=1S/C21H20N2O3.Na/c1-2-3-6-14-9-11-16(12-10-14)22-23-19-17-8-5-4-7-15(17)13-18(20(19)24)21(25)26;/h4-5,7-13,24H,2-3,6H2,1H3,(H,25,26);. The quantitative estimate of drug-likeness (QED) is 0.436. The fraction of sp³-hybridized carbons (Fsp3) is 0.190. The number of unbranched alkanes of at least 4 members (excludes halogenated alkanes) is 1. The zero-order valence-corrected chi connectivity index (χ0v) is 17.5. The van der Waals surface area contributed by atoms with Crippen LogP contribution in [0.4, 0.5) is 11.4 Å². The predicted octanol–water partition coefficient (Wildman–Crippen LogP) is 5.62. The minimum atomic E-state index is -1.20. The Hall–Kier alpha value is -2.21. The molecule has 0 aliphatic heterocycles. The molecule has 0 aliphatic carbocycles. The van der Waals surface area contributed by atoms with E-state index < -0.39 is 5.97 Å². The van der Waals surface area contributed by atoms with Crippen molar-refractivity contribution in [3.05, 3.63) is 65.7 Å². The number of carbonyl (C=O) groups is 1. The number of hydrogen-bond donors (Lipinski definition) is 2. The van der Waals surface area contributed by atoms with Gasteiger partial charge < -0.3 is 10.2 Å². The van der Waals surface area contributed by atoms with Gasteiger partial charge in [0.05, 0.1) is 5.69 Å². The summed E-state index contributed by atoms with van der Waals surface area (Å²) < 4.78 is 0. The van der Waals surface area contributed by atoms with Crippen molar-refractivity contribution in [1.29, 1.82) is 0 Å². The van der Waals surface area contributed by atoms with Gasteiger partial charge in [-0.3, -0.25) is 0 Å². The summed E-state index contributed by atoms with van der Waals surface area (Å²) in [5.41, 5.74) is 1.87. The summed E-state index contributed by atoms with van der Waals surface area (Å²) in [7, 11) is 0. The Morgan fingerprint density at radius 3 is 2.41 bits per heavy atom. The molecule has 27 heavy (non-hydrogen) atoms. The molecule has 0 saturated heterocycles. The Morgan fingerprint density at radius 2 is 1.74 bits per heavy atom. The van der Waals surface area contributed by atoms with Crippen LogP contribution in [0.3, 0.4) is 0 Å². The third kappa shape index (κ3) is 4.95. The second-order valence-electron chi connectivity index (χ2n) is 6.12. The summed E-state index contributed by atoms with van der Waals surface area (Å²) in [6, 6.07) is 16.4. The van der Waals surface area contributed by atoms with Crippen molar-refractivity contribution in [3.63, 3.8) is 0 Å². The average molecular weight is 371 g/mol. The minimum absolute atomic E-state index is 0. The number of nitrogens with zero attached hydrogens (tertiary/aromatic N) is 2. The average Bonchev–Trinajstić information content (AvgIpc) is 2.66. The van der Waals surface area contributed by atoms with E-state index in [1.807, 2.05) is 30.3 Å². The molecular weight excluding hydrogens is 351 g/mol. The van der Waals surface area contributed by atoms with Crippen molar-refractivity contribution in [3.8, 4) is 5.75 Å². The van der Waals surface area contributed by atoms with E-state index in [0.717, 1.165) is 19.3 Å². The molecule has 1 radical (unpaired) electrons. The van der Waals surface area contributed by atoms with Gasteiger partial charge in [0.1, 0.15) is 11.3 Å². The van der Waals surface area contributed by atoms with Crippen LogP contribution in [-0.4, -0.2) is 45.7 Å². The van der Waals surface area contributed by atoms with Crippen LogP contribution in [0.1, 0.15) is 35.7 Å². The van der Waals surface area contributed by atoms with Crippen LogP contribution in [0.15, 0.2) is 64.8 Å². The van der Waals surface area contributed by atoms with Gasteiger partial charge in [0.2, 0.25) is 0 Å². The molecule has 0 bridgehead atoms. The summed E-state index contributed by atoms with van der Waals surface area (Å²) in [4.78, 5) is 11.4. The van der Waals surface area contributed by atoms with E-state index in [9.17, 15) is 15.0 Å². The largest absolute Gasteiger partial charge is 0.505 e. The number of phenols is 1. The molecule has 0 heterocycles. The molecule has 3 aromatic rings. The number of carboxylic acids is 1. The second-order valence-corrected chi connectivity index (χ2v) is 6.12. The van der Waals surface area contributed by atoms with Crippen LogP contribution in [0, 0.1) is 0 Å². The van der Waals surface area contributed by atoms with E-state index in [0.29, 0.717) is 16.5 Å². The molecule has 3 aromatic carbocycles. The van der Waals surface area contributed by atoms with Crippen molar-refractivity contribution >= 4 is 57.7 Å². The topological polar surface area (TPSA) is 82.2 Å². The first-order valence-corrected chi connectivity index (χ1v) is 8.59. The van der Waals surface area contributed by atoms with E-state index in [2.05, 4.69) is 17.2 Å². The van der Waals surface area contributed by atoms with Gasteiger partial charge in [-0.25, -0.2) is 4.79 Å². The van der Waals surface area contributed by atoms with Gasteiger partial charge in [0, 0.05) is 34.9 Å². The zero-order chi connectivity index (χ0) is 18.5. The molecule has 0 unspecified atom stereocenters. The fourth-order valence-electron chi connectivity index (χ4n) is 2.80. The molecule has 0 saturated carbocycles. The van der Waals surface area contributed by atoms with Gasteiger partial charge in [-0.1, -0.05) is 49.7 Å². The summed E-state index contributed by atoms with van der Waals surface area (Å²) in [5.74, 6) is -1.58. The Bertz CT molecular complexity index is 969. The van der Waals surface area contributed by atoms with Crippen LogP contribution in [0.5, 0.6) is 5.75 Å². The van der Waals surface area contributed by atoms with Gasteiger partial charge >= 0.3 is 5.97 Å². The van der Waals surface area contributed by atoms with Crippen molar-refractivity contribution in [2.45, 2.75) is 26.2 Å². The SMILES string of the molecule is CCCCc1ccc(N=Nc2c(O)c(C(=O)O)cc3ccccc23)cc1.[Na]. The molecule has 2 N–H and O–H groups in total. The van der Waals surface area contributed by atoms with Crippen molar-refractivity contribution in [2.24, 2.45) is 10.2 Å². The number of azo groups is 1.